The zero-order chi connectivity index (χ0) is 25.5. The first-order chi connectivity index (χ1) is 17.5. The molecule has 1 aliphatic carbocycles. The van der Waals surface area contributed by atoms with Crippen molar-refractivity contribution in [1.29, 1.82) is 0 Å². The number of hydrogen-bond donors (Lipinski definition) is 2. The van der Waals surface area contributed by atoms with Gasteiger partial charge in [-0.3, -0.25) is 0 Å². The summed E-state index contributed by atoms with van der Waals surface area (Å²) in [6.07, 6.45) is 2.63. The third-order valence-corrected chi connectivity index (χ3v) is 7.07. The summed E-state index contributed by atoms with van der Waals surface area (Å²) in [5.41, 5.74) is 3.38. The Kier molecular flexibility index (Phi) is 11.8. The van der Waals surface area contributed by atoms with Crippen molar-refractivity contribution in [3.63, 3.8) is 0 Å². The Balaban J connectivity index is 0.00000380. The Bertz CT molecular complexity index is 997. The van der Waals surface area contributed by atoms with Gasteiger partial charge in [-0.15, -0.1) is 0 Å². The molecular weight excluding hydrogens is 547 g/mol. The summed E-state index contributed by atoms with van der Waals surface area (Å²) in [5.74, 6) is 0.140. The Morgan fingerprint density at radius 1 is 1.08 bits per heavy atom. The molecule has 7 nitrogen and oxygen atoms in total. The van der Waals surface area contributed by atoms with Gasteiger partial charge >= 0.3 is 5.97 Å². The molecule has 2 aromatic carbocycles. The van der Waals surface area contributed by atoms with Crippen LogP contribution in [0.3, 0.4) is 0 Å². The van der Waals surface area contributed by atoms with Gasteiger partial charge in [-0.05, 0) is 62.4 Å². The number of carbonyl (C=O) groups is 1. The molecule has 4 rings (SSSR count). The van der Waals surface area contributed by atoms with Gasteiger partial charge in [-0.25, -0.2) is 4.79 Å². The second-order valence-corrected chi connectivity index (χ2v) is 9.87. The van der Waals surface area contributed by atoms with Gasteiger partial charge in [-0.2, -0.15) is 0 Å². The van der Waals surface area contributed by atoms with E-state index < -0.39 is 24.5 Å². The maximum atomic E-state index is 11.5. The van der Waals surface area contributed by atoms with Gasteiger partial charge in [0.05, 0.1) is 6.10 Å². The van der Waals surface area contributed by atoms with Gasteiger partial charge in [0.2, 0.25) is 6.29 Å². The van der Waals surface area contributed by atoms with Gasteiger partial charge < -0.3 is 29.3 Å². The van der Waals surface area contributed by atoms with Crippen LogP contribution in [0.2, 0.25) is 0 Å². The van der Waals surface area contributed by atoms with E-state index in [0.29, 0.717) is 24.1 Å². The molecule has 199 valence electrons. The number of aliphatic hydroxyl groups excluding tert-OH is 1. The number of rotatable bonds is 11. The van der Waals surface area contributed by atoms with E-state index in [1.165, 1.54) is 5.56 Å². The minimum Gasteiger partial charge on any atom is -0.485 e. The molecule has 0 bridgehead atoms. The number of benzene rings is 2. The molecule has 1 radical (unpaired) electrons. The molecule has 2 aliphatic rings. The summed E-state index contributed by atoms with van der Waals surface area (Å²) in [4.78, 5) is 14.1. The van der Waals surface area contributed by atoms with Crippen molar-refractivity contribution in [2.24, 2.45) is 0 Å². The zero-order valence-corrected chi connectivity index (χ0v) is 24.8. The molecule has 4 atom stereocenters. The van der Waals surface area contributed by atoms with Crippen LogP contribution in [0, 0.1) is 0 Å². The molecule has 37 heavy (non-hydrogen) atoms. The van der Waals surface area contributed by atoms with E-state index in [1.807, 2.05) is 36.4 Å². The van der Waals surface area contributed by atoms with Crippen molar-refractivity contribution < 1.29 is 61.9 Å². The zero-order valence-electron chi connectivity index (χ0n) is 22.0. The number of aliphatic carboxylic acids is 1. The van der Waals surface area contributed by atoms with Crippen LogP contribution in [0.4, 0.5) is 0 Å². The van der Waals surface area contributed by atoms with Crippen LogP contribution < -0.4 is 9.47 Å². The Morgan fingerprint density at radius 2 is 1.81 bits per heavy atom. The van der Waals surface area contributed by atoms with Crippen LogP contribution in [0.25, 0.3) is 0 Å². The summed E-state index contributed by atoms with van der Waals surface area (Å²) < 4.78 is 18.3. The fraction of sp³-hybridized carbons (Fsp3) is 0.552. The van der Waals surface area contributed by atoms with E-state index >= 15 is 0 Å². The molecular formula is C29H39NO6Y. The van der Waals surface area contributed by atoms with E-state index in [4.69, 9.17) is 14.2 Å². The molecule has 1 heterocycles. The van der Waals surface area contributed by atoms with Gasteiger partial charge in [0.1, 0.15) is 6.61 Å². The Hall–Kier alpha value is -1.51. The standard InChI is InChI=1S/C29H39NO6.Y/c1-3-14-30(15-4-2)22-11-12-24-21(16-22)10-13-25(34-19-20-8-6-5-7-9-20)28(24)36-27-18-23(31)17-26(35-27)29(32)33;/h5-10,13,22-23,26-27,31H,3-4,11-12,14-19H2,1-2H3,(H,32,33);/t22-,23?,26-,27-;/m0./s1. The number of carboxylic acid groups (broad SMARTS) is 1. The number of nitrogens with zero attached hydrogens (tertiary/aromatic N) is 1. The van der Waals surface area contributed by atoms with E-state index in [0.717, 1.165) is 56.3 Å². The second-order valence-electron chi connectivity index (χ2n) is 9.87. The van der Waals surface area contributed by atoms with Gasteiger partial charge in [-0.1, -0.05) is 50.2 Å². The van der Waals surface area contributed by atoms with Crippen molar-refractivity contribution in [2.45, 2.75) is 89.9 Å². The molecule has 0 aromatic heterocycles. The number of fused-ring (bicyclic) bond motifs is 1. The molecule has 1 unspecified atom stereocenters. The normalized spacial score (nSPS) is 23.1. The number of carboxylic acids is 1. The first-order valence-electron chi connectivity index (χ1n) is 13.3. The van der Waals surface area contributed by atoms with Crippen molar-refractivity contribution in [2.75, 3.05) is 13.1 Å². The van der Waals surface area contributed by atoms with Crippen molar-refractivity contribution in [3.05, 3.63) is 59.2 Å². The third kappa shape index (κ3) is 7.99. The van der Waals surface area contributed by atoms with Crippen molar-refractivity contribution in [1.82, 2.24) is 4.90 Å². The SMILES string of the molecule is CCCN(CCC)[C@H]1CCc2c(ccc(OCc3ccccc3)c2O[C@H]2CC(O)C[C@@H](C(=O)O)O2)C1.[Y]. The topological polar surface area (TPSA) is 88.5 Å². The van der Waals surface area contributed by atoms with Crippen LogP contribution in [-0.4, -0.2) is 58.7 Å². The summed E-state index contributed by atoms with van der Waals surface area (Å²) >= 11 is 0. The molecule has 0 amide bonds. The van der Waals surface area contributed by atoms with E-state index in [9.17, 15) is 15.0 Å². The molecule has 1 aliphatic heterocycles. The fourth-order valence-corrected chi connectivity index (χ4v) is 5.35. The summed E-state index contributed by atoms with van der Waals surface area (Å²) in [5, 5.41) is 19.7. The van der Waals surface area contributed by atoms with Crippen LogP contribution in [0.1, 0.15) is 62.6 Å². The van der Waals surface area contributed by atoms with E-state index in [2.05, 4.69) is 24.8 Å². The van der Waals surface area contributed by atoms with E-state index in [1.54, 1.807) is 0 Å². The van der Waals surface area contributed by atoms with Crippen molar-refractivity contribution >= 4 is 5.97 Å². The molecule has 1 saturated heterocycles. The summed E-state index contributed by atoms with van der Waals surface area (Å²) in [6.45, 7) is 7.04. The fourth-order valence-electron chi connectivity index (χ4n) is 5.35. The maximum absolute atomic E-state index is 11.5. The molecule has 2 N–H and O–H groups in total. The number of aliphatic hydroxyl groups is 1. The Morgan fingerprint density at radius 3 is 2.49 bits per heavy atom. The molecule has 0 spiro atoms. The van der Waals surface area contributed by atoms with Crippen LogP contribution >= 0.6 is 0 Å². The smallest absolute Gasteiger partial charge is 0.333 e. The minimum absolute atomic E-state index is 0. The summed E-state index contributed by atoms with van der Waals surface area (Å²) in [6, 6.07) is 14.5. The van der Waals surface area contributed by atoms with Gasteiger partial charge in [0.25, 0.3) is 0 Å². The quantitative estimate of drug-likeness (QED) is 0.399. The first kappa shape index (κ1) is 30.0. The number of ether oxygens (including phenoxy) is 3. The van der Waals surface area contributed by atoms with Gasteiger partial charge in [0.15, 0.2) is 17.6 Å². The third-order valence-electron chi connectivity index (χ3n) is 7.07. The van der Waals surface area contributed by atoms with Crippen molar-refractivity contribution in [3.8, 4) is 11.5 Å². The average Bonchev–Trinajstić information content (AvgIpc) is 2.88. The predicted octanol–water partition coefficient (Wildman–Crippen LogP) is 4.57. The van der Waals surface area contributed by atoms with E-state index in [-0.39, 0.29) is 45.6 Å². The monoisotopic (exact) mass is 586 g/mol. The largest absolute Gasteiger partial charge is 0.485 e. The van der Waals surface area contributed by atoms with Crippen LogP contribution in [0.5, 0.6) is 11.5 Å². The maximum Gasteiger partial charge on any atom is 0.333 e. The first-order valence-corrected chi connectivity index (χ1v) is 13.3. The average molecular weight is 587 g/mol. The second kappa shape index (κ2) is 14.6. The summed E-state index contributed by atoms with van der Waals surface area (Å²) in [7, 11) is 0. The van der Waals surface area contributed by atoms with Gasteiger partial charge in [0, 0.05) is 57.2 Å². The molecule has 8 heteroatoms. The van der Waals surface area contributed by atoms with Crippen LogP contribution in [-0.2, 0) is 61.7 Å². The number of hydrogen-bond acceptors (Lipinski definition) is 6. The van der Waals surface area contributed by atoms with Crippen LogP contribution in [0.15, 0.2) is 42.5 Å². The predicted molar refractivity (Wildman–Crippen MR) is 137 cm³/mol. The minimum atomic E-state index is -1.09. The Labute approximate surface area is 245 Å². The molecule has 2 aromatic rings. The molecule has 1 fully saturated rings. The molecule has 0 saturated carbocycles.